The molecule has 0 bridgehead atoms. The van der Waals surface area contributed by atoms with E-state index in [9.17, 15) is 5.11 Å². The van der Waals surface area contributed by atoms with Crippen LogP contribution in [0.2, 0.25) is 0 Å². The van der Waals surface area contributed by atoms with Crippen LogP contribution in [0.5, 0.6) is 0 Å². The Balaban J connectivity index is 2.43. The predicted molar refractivity (Wildman–Crippen MR) is 77.4 cm³/mol. The standard InChI is InChI=1S/C15H16BrNO/c1-10-13(15(2,3)18)8-9-14(17-10)11-4-6-12(16)7-5-11/h4-9,18H,1-3H3. The topological polar surface area (TPSA) is 33.1 Å². The smallest absolute Gasteiger partial charge is 0.0857 e. The molecule has 0 fully saturated rings. The van der Waals surface area contributed by atoms with E-state index in [1.165, 1.54) is 0 Å². The van der Waals surface area contributed by atoms with Crippen molar-refractivity contribution in [3.05, 3.63) is 52.1 Å². The number of hydrogen-bond donors (Lipinski definition) is 1. The normalized spacial score (nSPS) is 11.6. The Morgan fingerprint density at radius 2 is 1.67 bits per heavy atom. The fourth-order valence-electron chi connectivity index (χ4n) is 1.99. The minimum atomic E-state index is -0.852. The monoisotopic (exact) mass is 305 g/mol. The Kier molecular flexibility index (Phi) is 3.55. The number of nitrogens with zero attached hydrogens (tertiary/aromatic N) is 1. The summed E-state index contributed by atoms with van der Waals surface area (Å²) in [6.45, 7) is 5.47. The van der Waals surface area contributed by atoms with Crippen LogP contribution in [0.4, 0.5) is 0 Å². The van der Waals surface area contributed by atoms with E-state index in [1.54, 1.807) is 13.8 Å². The summed E-state index contributed by atoms with van der Waals surface area (Å²) in [5, 5.41) is 10.0. The SMILES string of the molecule is Cc1nc(-c2ccc(Br)cc2)ccc1C(C)(C)O. The van der Waals surface area contributed by atoms with Crippen LogP contribution >= 0.6 is 15.9 Å². The first-order valence-electron chi connectivity index (χ1n) is 5.84. The van der Waals surface area contributed by atoms with Crippen molar-refractivity contribution in [2.24, 2.45) is 0 Å². The second kappa shape index (κ2) is 4.82. The van der Waals surface area contributed by atoms with Crippen molar-refractivity contribution in [1.82, 2.24) is 4.98 Å². The number of hydrogen-bond acceptors (Lipinski definition) is 2. The van der Waals surface area contributed by atoms with Crippen molar-refractivity contribution in [2.75, 3.05) is 0 Å². The molecule has 0 amide bonds. The van der Waals surface area contributed by atoms with Gasteiger partial charge in [-0.05, 0) is 39.0 Å². The molecule has 0 aliphatic rings. The number of halogens is 1. The molecule has 0 saturated heterocycles. The molecule has 1 aromatic carbocycles. The van der Waals surface area contributed by atoms with Gasteiger partial charge < -0.3 is 5.11 Å². The number of aliphatic hydroxyl groups is 1. The Bertz CT molecular complexity index is 556. The van der Waals surface area contributed by atoms with E-state index >= 15 is 0 Å². The molecule has 3 heteroatoms. The number of rotatable bonds is 2. The molecule has 0 aliphatic heterocycles. The highest BCUT2D eigenvalue weighted by molar-refractivity contribution is 9.10. The van der Waals surface area contributed by atoms with Gasteiger partial charge in [-0.1, -0.05) is 34.1 Å². The fourth-order valence-corrected chi connectivity index (χ4v) is 2.25. The summed E-state index contributed by atoms with van der Waals surface area (Å²) in [7, 11) is 0. The Morgan fingerprint density at radius 3 is 2.17 bits per heavy atom. The lowest BCUT2D eigenvalue weighted by atomic mass is 9.96. The van der Waals surface area contributed by atoms with Crippen molar-refractivity contribution in [3.63, 3.8) is 0 Å². The van der Waals surface area contributed by atoms with E-state index in [4.69, 9.17) is 0 Å². The van der Waals surface area contributed by atoms with Crippen LogP contribution in [-0.4, -0.2) is 10.1 Å². The molecule has 2 aromatic rings. The van der Waals surface area contributed by atoms with Gasteiger partial charge in [-0.3, -0.25) is 4.98 Å². The highest BCUT2D eigenvalue weighted by Crippen LogP contribution is 2.26. The highest BCUT2D eigenvalue weighted by atomic mass is 79.9. The van der Waals surface area contributed by atoms with Crippen LogP contribution < -0.4 is 0 Å². The van der Waals surface area contributed by atoms with Gasteiger partial charge >= 0.3 is 0 Å². The number of benzene rings is 1. The summed E-state index contributed by atoms with van der Waals surface area (Å²) in [6.07, 6.45) is 0. The second-order valence-electron chi connectivity index (χ2n) is 4.90. The van der Waals surface area contributed by atoms with Gasteiger partial charge in [0, 0.05) is 21.3 Å². The molecule has 1 aromatic heterocycles. The van der Waals surface area contributed by atoms with Crippen molar-refractivity contribution >= 4 is 15.9 Å². The first-order valence-corrected chi connectivity index (χ1v) is 6.63. The molecule has 0 unspecified atom stereocenters. The first-order chi connectivity index (χ1) is 8.38. The molecule has 2 rings (SSSR count). The fraction of sp³-hybridized carbons (Fsp3) is 0.267. The van der Waals surface area contributed by atoms with Gasteiger partial charge in [0.05, 0.1) is 11.3 Å². The van der Waals surface area contributed by atoms with Crippen molar-refractivity contribution in [2.45, 2.75) is 26.4 Å². The molecule has 94 valence electrons. The maximum Gasteiger partial charge on any atom is 0.0857 e. The van der Waals surface area contributed by atoms with Gasteiger partial charge in [-0.15, -0.1) is 0 Å². The lowest BCUT2D eigenvalue weighted by Gasteiger charge is -2.20. The summed E-state index contributed by atoms with van der Waals surface area (Å²) in [6, 6.07) is 11.9. The molecule has 0 radical (unpaired) electrons. The van der Waals surface area contributed by atoms with E-state index < -0.39 is 5.60 Å². The van der Waals surface area contributed by atoms with Gasteiger partial charge in [0.25, 0.3) is 0 Å². The van der Waals surface area contributed by atoms with Crippen molar-refractivity contribution in [1.29, 1.82) is 0 Å². The van der Waals surface area contributed by atoms with E-state index in [0.29, 0.717) is 0 Å². The first kappa shape index (κ1) is 13.2. The van der Waals surface area contributed by atoms with E-state index in [1.807, 2.05) is 43.3 Å². The minimum Gasteiger partial charge on any atom is -0.386 e. The zero-order chi connectivity index (χ0) is 13.3. The van der Waals surface area contributed by atoms with E-state index in [-0.39, 0.29) is 0 Å². The van der Waals surface area contributed by atoms with E-state index in [0.717, 1.165) is 27.0 Å². The second-order valence-corrected chi connectivity index (χ2v) is 5.81. The molecule has 0 aliphatic carbocycles. The van der Waals surface area contributed by atoms with Crippen LogP contribution in [0, 0.1) is 6.92 Å². The van der Waals surface area contributed by atoms with Gasteiger partial charge in [0.15, 0.2) is 0 Å². The molecule has 1 heterocycles. The van der Waals surface area contributed by atoms with Gasteiger partial charge in [-0.25, -0.2) is 0 Å². The van der Waals surface area contributed by atoms with E-state index in [2.05, 4.69) is 20.9 Å². The van der Waals surface area contributed by atoms with Crippen LogP contribution in [0.1, 0.15) is 25.1 Å². The Morgan fingerprint density at radius 1 is 1.06 bits per heavy atom. The largest absolute Gasteiger partial charge is 0.386 e. The summed E-state index contributed by atoms with van der Waals surface area (Å²) in [4.78, 5) is 4.56. The average Bonchev–Trinajstić information content (AvgIpc) is 2.28. The van der Waals surface area contributed by atoms with Crippen LogP contribution in [0.3, 0.4) is 0 Å². The van der Waals surface area contributed by atoms with Crippen molar-refractivity contribution in [3.8, 4) is 11.3 Å². The van der Waals surface area contributed by atoms with Crippen LogP contribution in [0.25, 0.3) is 11.3 Å². The van der Waals surface area contributed by atoms with Gasteiger partial charge in [-0.2, -0.15) is 0 Å². The lowest BCUT2D eigenvalue weighted by molar-refractivity contribution is 0.0775. The maximum absolute atomic E-state index is 10.0. The molecule has 1 N–H and O–H groups in total. The minimum absolute atomic E-state index is 0.852. The van der Waals surface area contributed by atoms with Crippen molar-refractivity contribution < 1.29 is 5.11 Å². The third kappa shape index (κ3) is 2.79. The molecule has 0 spiro atoms. The summed E-state index contributed by atoms with van der Waals surface area (Å²) in [5.41, 5.74) is 2.87. The van der Waals surface area contributed by atoms with Gasteiger partial charge in [0.2, 0.25) is 0 Å². The summed E-state index contributed by atoms with van der Waals surface area (Å²) >= 11 is 3.42. The molecule has 0 atom stereocenters. The zero-order valence-corrected chi connectivity index (χ0v) is 12.3. The Labute approximate surface area is 116 Å². The third-order valence-corrected chi connectivity index (χ3v) is 3.41. The number of aryl methyl sites for hydroxylation is 1. The number of pyridine rings is 1. The summed E-state index contributed by atoms with van der Waals surface area (Å²) in [5.74, 6) is 0. The molecular formula is C15H16BrNO. The molecule has 2 nitrogen and oxygen atoms in total. The Hall–Kier alpha value is -1.19. The maximum atomic E-state index is 10.0. The lowest BCUT2D eigenvalue weighted by Crippen LogP contribution is -2.17. The average molecular weight is 306 g/mol. The summed E-state index contributed by atoms with van der Waals surface area (Å²) < 4.78 is 1.05. The zero-order valence-electron chi connectivity index (χ0n) is 10.7. The predicted octanol–water partition coefficient (Wildman–Crippen LogP) is 4.05. The quantitative estimate of drug-likeness (QED) is 0.908. The van der Waals surface area contributed by atoms with Crippen LogP contribution in [0.15, 0.2) is 40.9 Å². The third-order valence-electron chi connectivity index (χ3n) is 2.88. The number of aromatic nitrogens is 1. The highest BCUT2D eigenvalue weighted by Gasteiger charge is 2.19. The molecular weight excluding hydrogens is 290 g/mol. The van der Waals surface area contributed by atoms with Gasteiger partial charge in [0.1, 0.15) is 0 Å². The molecule has 18 heavy (non-hydrogen) atoms. The van der Waals surface area contributed by atoms with Crippen LogP contribution in [-0.2, 0) is 5.60 Å². The molecule has 0 saturated carbocycles.